The molecule has 1 aliphatic carbocycles. The third-order valence-electron chi connectivity index (χ3n) is 3.32. The molecule has 2 unspecified atom stereocenters. The summed E-state index contributed by atoms with van der Waals surface area (Å²) < 4.78 is 27.4. The Morgan fingerprint density at radius 2 is 2.22 bits per heavy atom. The summed E-state index contributed by atoms with van der Waals surface area (Å²) in [4.78, 5) is 0.674. The second-order valence-electron chi connectivity index (χ2n) is 4.97. The molecule has 4 nitrogen and oxygen atoms in total. The van der Waals surface area contributed by atoms with Crippen LogP contribution in [0.25, 0.3) is 0 Å². The molecular formula is C12H19NO3S2. The third-order valence-corrected chi connectivity index (χ3v) is 6.40. The highest BCUT2D eigenvalue weighted by atomic mass is 32.2. The van der Waals surface area contributed by atoms with Crippen molar-refractivity contribution in [1.29, 1.82) is 0 Å². The summed E-state index contributed by atoms with van der Waals surface area (Å²) in [5, 5.41) is 8.97. The fraction of sp³-hybridized carbons (Fsp3) is 0.667. The molecule has 1 aromatic heterocycles. The maximum atomic E-state index is 12.2. The summed E-state index contributed by atoms with van der Waals surface area (Å²) in [5.41, 5.74) is 0. The highest BCUT2D eigenvalue weighted by Crippen LogP contribution is 2.26. The van der Waals surface area contributed by atoms with Crippen LogP contribution in [0.1, 0.15) is 37.5 Å². The van der Waals surface area contributed by atoms with E-state index >= 15 is 0 Å². The molecule has 1 aromatic rings. The van der Waals surface area contributed by atoms with Crippen molar-refractivity contribution in [1.82, 2.24) is 4.72 Å². The lowest BCUT2D eigenvalue weighted by molar-refractivity contribution is 0.285. The van der Waals surface area contributed by atoms with E-state index in [4.69, 9.17) is 5.11 Å². The average Bonchev–Trinajstić information content (AvgIpc) is 2.77. The Bertz CT molecular complexity index is 495. The zero-order valence-electron chi connectivity index (χ0n) is 10.4. The fourth-order valence-electron chi connectivity index (χ4n) is 2.41. The number of hydrogen-bond donors (Lipinski definition) is 2. The smallest absolute Gasteiger partial charge is 0.250 e. The van der Waals surface area contributed by atoms with Gasteiger partial charge in [0.25, 0.3) is 0 Å². The number of sulfonamides is 1. The van der Waals surface area contributed by atoms with Gasteiger partial charge in [-0.2, -0.15) is 0 Å². The molecule has 0 aliphatic heterocycles. The molecule has 1 heterocycles. The number of aliphatic hydroxyl groups is 1. The second kappa shape index (κ2) is 5.69. The molecular weight excluding hydrogens is 270 g/mol. The van der Waals surface area contributed by atoms with Gasteiger partial charge in [0.2, 0.25) is 10.0 Å². The van der Waals surface area contributed by atoms with Crippen LogP contribution in [0.4, 0.5) is 0 Å². The molecule has 1 fully saturated rings. The fourth-order valence-corrected chi connectivity index (χ4v) is 4.92. The Kier molecular flexibility index (Phi) is 4.42. The molecule has 18 heavy (non-hydrogen) atoms. The normalized spacial score (nSPS) is 25.2. The van der Waals surface area contributed by atoms with Gasteiger partial charge in [-0.3, -0.25) is 0 Å². The van der Waals surface area contributed by atoms with Crippen LogP contribution in [0.2, 0.25) is 0 Å². The van der Waals surface area contributed by atoms with Gasteiger partial charge < -0.3 is 5.11 Å². The molecule has 0 bridgehead atoms. The maximum Gasteiger partial charge on any atom is 0.250 e. The van der Waals surface area contributed by atoms with Gasteiger partial charge in [0.1, 0.15) is 4.21 Å². The minimum Gasteiger partial charge on any atom is -0.391 e. The quantitative estimate of drug-likeness (QED) is 0.892. The molecule has 1 saturated carbocycles. The standard InChI is InChI=1S/C12H19NO3S2/c1-9-3-2-4-10(7-9)13-18(15,16)12-6-5-11(8-14)17-12/h5-6,9-10,13-14H,2-4,7-8H2,1H3. The summed E-state index contributed by atoms with van der Waals surface area (Å²) >= 11 is 1.13. The molecule has 2 rings (SSSR count). The van der Waals surface area contributed by atoms with Crippen LogP contribution in [0.15, 0.2) is 16.3 Å². The van der Waals surface area contributed by atoms with E-state index in [0.717, 1.165) is 30.6 Å². The number of nitrogens with one attached hydrogen (secondary N) is 1. The van der Waals surface area contributed by atoms with Crippen LogP contribution in [0, 0.1) is 5.92 Å². The van der Waals surface area contributed by atoms with E-state index in [2.05, 4.69) is 11.6 Å². The van der Waals surface area contributed by atoms with Crippen molar-refractivity contribution >= 4 is 21.4 Å². The SMILES string of the molecule is CC1CCCC(NS(=O)(=O)c2ccc(CO)s2)C1. The van der Waals surface area contributed by atoms with Gasteiger partial charge in [-0.05, 0) is 30.9 Å². The predicted octanol–water partition coefficient (Wildman–Crippen LogP) is 2.10. The van der Waals surface area contributed by atoms with Gasteiger partial charge in [0.05, 0.1) is 6.61 Å². The highest BCUT2D eigenvalue weighted by molar-refractivity contribution is 7.91. The van der Waals surface area contributed by atoms with E-state index in [1.807, 2.05) is 0 Å². The van der Waals surface area contributed by atoms with Crippen LogP contribution < -0.4 is 4.72 Å². The lowest BCUT2D eigenvalue weighted by Crippen LogP contribution is -2.37. The molecule has 102 valence electrons. The third kappa shape index (κ3) is 3.32. The van der Waals surface area contributed by atoms with Crippen LogP contribution in [-0.4, -0.2) is 19.6 Å². The second-order valence-corrected chi connectivity index (χ2v) is 8.08. The van der Waals surface area contributed by atoms with E-state index in [-0.39, 0.29) is 12.6 Å². The van der Waals surface area contributed by atoms with Gasteiger partial charge in [-0.1, -0.05) is 19.8 Å². The molecule has 2 N–H and O–H groups in total. The minimum atomic E-state index is -3.42. The van der Waals surface area contributed by atoms with Crippen molar-refractivity contribution in [3.8, 4) is 0 Å². The summed E-state index contributed by atoms with van der Waals surface area (Å²) in [5.74, 6) is 0.586. The number of aliphatic hydroxyl groups excluding tert-OH is 1. The van der Waals surface area contributed by atoms with Gasteiger partial charge >= 0.3 is 0 Å². The van der Waals surface area contributed by atoms with E-state index in [1.165, 1.54) is 6.42 Å². The Labute approximate surface area is 112 Å². The summed E-state index contributed by atoms with van der Waals surface area (Å²) in [7, 11) is -3.42. The van der Waals surface area contributed by atoms with Crippen LogP contribution in [0.5, 0.6) is 0 Å². The van der Waals surface area contributed by atoms with Crippen molar-refractivity contribution in [3.05, 3.63) is 17.0 Å². The van der Waals surface area contributed by atoms with Crippen molar-refractivity contribution in [3.63, 3.8) is 0 Å². The van der Waals surface area contributed by atoms with Gasteiger partial charge in [0, 0.05) is 10.9 Å². The first-order chi connectivity index (χ1) is 8.51. The van der Waals surface area contributed by atoms with Crippen molar-refractivity contribution in [2.75, 3.05) is 0 Å². The van der Waals surface area contributed by atoms with E-state index < -0.39 is 10.0 Å². The van der Waals surface area contributed by atoms with E-state index in [1.54, 1.807) is 12.1 Å². The van der Waals surface area contributed by atoms with Gasteiger partial charge in [-0.15, -0.1) is 11.3 Å². The molecule has 0 amide bonds. The monoisotopic (exact) mass is 289 g/mol. The zero-order valence-corrected chi connectivity index (χ0v) is 12.1. The van der Waals surface area contributed by atoms with Crippen molar-refractivity contribution in [2.24, 2.45) is 5.92 Å². The van der Waals surface area contributed by atoms with Gasteiger partial charge in [0.15, 0.2) is 0 Å². The van der Waals surface area contributed by atoms with Crippen molar-refractivity contribution < 1.29 is 13.5 Å². The summed E-state index contributed by atoms with van der Waals surface area (Å²) in [6.07, 6.45) is 4.10. The van der Waals surface area contributed by atoms with Crippen LogP contribution in [0.3, 0.4) is 0 Å². The lowest BCUT2D eigenvalue weighted by atomic mass is 9.88. The predicted molar refractivity (Wildman–Crippen MR) is 72.0 cm³/mol. The Morgan fingerprint density at radius 3 is 2.83 bits per heavy atom. The van der Waals surface area contributed by atoms with Crippen LogP contribution in [-0.2, 0) is 16.6 Å². The first-order valence-electron chi connectivity index (χ1n) is 6.23. The molecule has 6 heteroatoms. The molecule has 0 radical (unpaired) electrons. The Morgan fingerprint density at radius 1 is 1.44 bits per heavy atom. The van der Waals surface area contributed by atoms with Crippen LogP contribution >= 0.6 is 11.3 Å². The first-order valence-corrected chi connectivity index (χ1v) is 8.53. The first kappa shape index (κ1) is 14.0. The Hall–Kier alpha value is -0.430. The molecule has 1 aliphatic rings. The maximum absolute atomic E-state index is 12.2. The lowest BCUT2D eigenvalue weighted by Gasteiger charge is -2.26. The topological polar surface area (TPSA) is 66.4 Å². The van der Waals surface area contributed by atoms with Gasteiger partial charge in [-0.25, -0.2) is 13.1 Å². The number of rotatable bonds is 4. The molecule has 2 atom stereocenters. The summed E-state index contributed by atoms with van der Waals surface area (Å²) in [6, 6.07) is 3.27. The zero-order chi connectivity index (χ0) is 13.2. The van der Waals surface area contributed by atoms with E-state index in [9.17, 15) is 8.42 Å². The largest absolute Gasteiger partial charge is 0.391 e. The van der Waals surface area contributed by atoms with Crippen molar-refractivity contribution in [2.45, 2.75) is 49.5 Å². The average molecular weight is 289 g/mol. The number of thiophene rings is 1. The minimum absolute atomic E-state index is 0.0541. The molecule has 0 spiro atoms. The highest BCUT2D eigenvalue weighted by Gasteiger charge is 2.25. The summed E-state index contributed by atoms with van der Waals surface area (Å²) in [6.45, 7) is 2.05. The Balaban J connectivity index is 2.06. The molecule has 0 saturated heterocycles. The number of hydrogen-bond acceptors (Lipinski definition) is 4. The van der Waals surface area contributed by atoms with E-state index in [0.29, 0.717) is 15.0 Å². The molecule has 0 aromatic carbocycles.